The molecule has 2 aliphatic heterocycles. The third-order valence-electron chi connectivity index (χ3n) is 5.87. The van der Waals surface area contributed by atoms with E-state index in [2.05, 4.69) is 0 Å². The largest absolute Gasteiger partial charge is 0.463 e. The number of alkyl halides is 1. The molecule has 0 N–H and O–H groups in total. The van der Waals surface area contributed by atoms with Gasteiger partial charge in [-0.05, 0) is 0 Å². The molecule has 2 rings (SSSR count). The molecule has 0 bridgehead atoms. The molecule has 2 aliphatic rings. The van der Waals surface area contributed by atoms with Crippen molar-refractivity contribution in [1.29, 1.82) is 0 Å². The lowest BCUT2D eigenvalue weighted by Gasteiger charge is -2.47. The summed E-state index contributed by atoms with van der Waals surface area (Å²) in [6.07, 6.45) is -17.5. The van der Waals surface area contributed by atoms with E-state index in [4.69, 9.17) is 47.4 Å². The molecule has 18 heteroatoms. The van der Waals surface area contributed by atoms with Crippen molar-refractivity contribution in [3.8, 4) is 0 Å². The summed E-state index contributed by atoms with van der Waals surface area (Å²) in [6.45, 7) is 5.83. The van der Waals surface area contributed by atoms with Crippen LogP contribution in [0.5, 0.6) is 0 Å². The van der Waals surface area contributed by atoms with Gasteiger partial charge in [0.05, 0.1) is 0 Å². The highest BCUT2D eigenvalue weighted by Crippen LogP contribution is 2.35. The van der Waals surface area contributed by atoms with Crippen molar-refractivity contribution < 1.29 is 85.3 Å². The number of hydrogen-bond donors (Lipinski definition) is 0. The Kier molecular flexibility index (Phi) is 13.4. The Bertz CT molecular complexity index is 1090. The molecule has 0 spiro atoms. The molecule has 2 fully saturated rings. The number of carbonyl (C=O) groups is 7. The summed E-state index contributed by atoms with van der Waals surface area (Å²) in [5.41, 5.74) is 0. The lowest BCUT2D eigenvalue weighted by atomic mass is 9.96. The van der Waals surface area contributed by atoms with Crippen LogP contribution in [0.15, 0.2) is 0 Å². The summed E-state index contributed by atoms with van der Waals surface area (Å²) in [4.78, 5) is 83.3. The van der Waals surface area contributed by atoms with Gasteiger partial charge in [-0.3, -0.25) is 33.6 Å². The Balaban J connectivity index is 2.66. The van der Waals surface area contributed by atoms with E-state index in [1.165, 1.54) is 0 Å². The summed E-state index contributed by atoms with van der Waals surface area (Å²) in [5.74, 6) is -6.27. The van der Waals surface area contributed by atoms with Crippen molar-refractivity contribution in [2.75, 3.05) is 13.2 Å². The molecule has 0 radical (unpaired) electrons. The van der Waals surface area contributed by atoms with Gasteiger partial charge in [-0.1, -0.05) is 0 Å². The van der Waals surface area contributed by atoms with E-state index >= 15 is 4.39 Å². The van der Waals surface area contributed by atoms with E-state index < -0.39 is 116 Å². The number of halogens is 1. The van der Waals surface area contributed by atoms with Crippen LogP contribution >= 0.6 is 0 Å². The van der Waals surface area contributed by atoms with E-state index in [0.717, 1.165) is 48.5 Å². The van der Waals surface area contributed by atoms with E-state index in [1.54, 1.807) is 0 Å². The molecule has 0 aliphatic carbocycles. The topological polar surface area (TPSA) is 212 Å². The molecule has 2 heterocycles. The zero-order chi connectivity index (χ0) is 33.3. The highest BCUT2D eigenvalue weighted by atomic mass is 19.1. The van der Waals surface area contributed by atoms with Crippen LogP contribution in [0, 0.1) is 0 Å². The zero-order valence-electron chi connectivity index (χ0n) is 25.0. The molecule has 0 aromatic carbocycles. The van der Waals surface area contributed by atoms with Gasteiger partial charge in [0.2, 0.25) is 6.36 Å². The van der Waals surface area contributed by atoms with Crippen LogP contribution in [0.25, 0.3) is 0 Å². The summed E-state index contributed by atoms with van der Waals surface area (Å²) >= 11 is 0. The van der Waals surface area contributed by atoms with Crippen molar-refractivity contribution in [3.63, 3.8) is 0 Å². The van der Waals surface area contributed by atoms with Crippen molar-refractivity contribution in [2.24, 2.45) is 0 Å². The van der Waals surface area contributed by atoms with Crippen molar-refractivity contribution in [2.45, 2.75) is 110 Å². The molecule has 0 aromatic rings. The van der Waals surface area contributed by atoms with Gasteiger partial charge in [0, 0.05) is 48.5 Å². The quantitative estimate of drug-likeness (QED) is 0.207. The number of rotatable bonds is 11. The van der Waals surface area contributed by atoms with Gasteiger partial charge in [0.15, 0.2) is 36.8 Å². The Morgan fingerprint density at radius 2 is 0.841 bits per heavy atom. The molecule has 0 amide bonds. The average Bonchev–Trinajstić information content (AvgIpc) is 2.87. The number of carbonyl (C=O) groups excluding carboxylic acids is 7. The van der Waals surface area contributed by atoms with E-state index in [1.807, 2.05) is 0 Å². The molecular weight excluding hydrogens is 603 g/mol. The lowest BCUT2D eigenvalue weighted by Crippen LogP contribution is -2.66. The minimum atomic E-state index is -2.40. The highest BCUT2D eigenvalue weighted by molar-refractivity contribution is 5.69. The molecule has 4 unspecified atom stereocenters. The van der Waals surface area contributed by atoms with Crippen molar-refractivity contribution >= 4 is 41.8 Å². The molecule has 0 saturated carbocycles. The van der Waals surface area contributed by atoms with Crippen molar-refractivity contribution in [3.05, 3.63) is 0 Å². The number of hydrogen-bond acceptors (Lipinski definition) is 17. The lowest BCUT2D eigenvalue weighted by molar-refractivity contribution is -0.351. The fourth-order valence-electron chi connectivity index (χ4n) is 4.46. The minimum absolute atomic E-state index is 0.592. The smallest absolute Gasteiger partial charge is 0.303 e. The molecule has 248 valence electrons. The number of esters is 7. The highest BCUT2D eigenvalue weighted by Gasteiger charge is 2.57. The molecule has 0 aromatic heterocycles. The van der Waals surface area contributed by atoms with Crippen LogP contribution in [0.1, 0.15) is 48.5 Å². The van der Waals surface area contributed by atoms with Crippen LogP contribution in [-0.4, -0.2) is 116 Å². The molecule has 10 atom stereocenters. The SMILES string of the molecule is CC(=O)OCC1O[C@@H](O[C@@H]2C(COC(C)=O)O[C@H](F)[C@@H](OC(C)=O)C2OC(C)=O)[C@@H](OC(C)=O)C(OC(C)=O)[C@@H]1OC(C)=O. The maximum absolute atomic E-state index is 15.2. The second-order valence-electron chi connectivity index (χ2n) is 9.64. The van der Waals surface area contributed by atoms with Crippen LogP contribution in [0.4, 0.5) is 4.39 Å². The Hall–Kier alpha value is -3.90. The second-order valence-corrected chi connectivity index (χ2v) is 9.64. The maximum atomic E-state index is 15.2. The summed E-state index contributed by atoms with van der Waals surface area (Å²) in [5, 5.41) is 0. The first-order chi connectivity index (χ1) is 20.5. The minimum Gasteiger partial charge on any atom is -0.463 e. The van der Waals surface area contributed by atoms with Gasteiger partial charge in [-0.2, -0.15) is 0 Å². The molecule has 44 heavy (non-hydrogen) atoms. The predicted octanol–water partition coefficient (Wildman–Crippen LogP) is -0.424. The van der Waals surface area contributed by atoms with Crippen LogP contribution in [0.3, 0.4) is 0 Å². The summed E-state index contributed by atoms with van der Waals surface area (Å²) < 4.78 is 68.6. The van der Waals surface area contributed by atoms with Gasteiger partial charge < -0.3 is 47.4 Å². The normalized spacial score (nSPS) is 31.5. The van der Waals surface area contributed by atoms with Crippen LogP contribution < -0.4 is 0 Å². The first-order valence-corrected chi connectivity index (χ1v) is 13.2. The predicted molar refractivity (Wildman–Crippen MR) is 134 cm³/mol. The second kappa shape index (κ2) is 16.2. The monoisotopic (exact) mass is 638 g/mol. The van der Waals surface area contributed by atoms with Gasteiger partial charge in [-0.15, -0.1) is 0 Å². The maximum Gasteiger partial charge on any atom is 0.303 e. The standard InChI is InChI=1S/C26H35FO17/c1-10(28)35-8-17-20(21(38-13(4)31)23(25(27)42-17)40-15(6)33)44-26-24(41-16(7)34)22(39-14(5)32)19(37-12(3)30)18(43-26)9-36-11(2)29/h17-26H,8-9H2,1-7H3/t17?,18?,19-,20-,21?,22?,23+,24+,25+,26+/m1/s1. The van der Waals surface area contributed by atoms with Gasteiger partial charge in [0.1, 0.15) is 31.5 Å². The van der Waals surface area contributed by atoms with E-state index in [-0.39, 0.29) is 0 Å². The first kappa shape index (κ1) is 36.3. The third kappa shape index (κ3) is 10.7. The first-order valence-electron chi connectivity index (χ1n) is 13.2. The summed E-state index contributed by atoms with van der Waals surface area (Å²) in [6, 6.07) is 0. The average molecular weight is 639 g/mol. The van der Waals surface area contributed by atoms with E-state index in [0.29, 0.717) is 0 Å². The molecule has 17 nitrogen and oxygen atoms in total. The van der Waals surface area contributed by atoms with Gasteiger partial charge in [0.25, 0.3) is 0 Å². The zero-order valence-corrected chi connectivity index (χ0v) is 25.0. The summed E-state index contributed by atoms with van der Waals surface area (Å²) in [7, 11) is 0. The van der Waals surface area contributed by atoms with Crippen LogP contribution in [0.2, 0.25) is 0 Å². The molecular formula is C26H35FO17. The van der Waals surface area contributed by atoms with Crippen LogP contribution in [-0.2, 0) is 80.9 Å². The van der Waals surface area contributed by atoms with Gasteiger partial charge >= 0.3 is 41.8 Å². The fraction of sp³-hybridized carbons (Fsp3) is 0.731. The van der Waals surface area contributed by atoms with Gasteiger partial charge in [-0.25, -0.2) is 4.39 Å². The van der Waals surface area contributed by atoms with E-state index in [9.17, 15) is 33.6 Å². The Morgan fingerprint density at radius 1 is 0.477 bits per heavy atom. The Morgan fingerprint density at radius 3 is 1.27 bits per heavy atom. The number of ether oxygens (including phenoxy) is 10. The molecule has 2 saturated heterocycles. The fourth-order valence-corrected chi connectivity index (χ4v) is 4.46. The third-order valence-corrected chi connectivity index (χ3v) is 5.87. The van der Waals surface area contributed by atoms with Crippen molar-refractivity contribution in [1.82, 2.24) is 0 Å². The Labute approximate surface area is 250 Å².